The van der Waals surface area contributed by atoms with E-state index in [9.17, 15) is 4.79 Å². The fourth-order valence-electron chi connectivity index (χ4n) is 2.79. The van der Waals surface area contributed by atoms with Crippen LogP contribution in [0, 0.1) is 13.8 Å². The van der Waals surface area contributed by atoms with Crippen LogP contribution >= 0.6 is 11.6 Å². The standard InChI is InChI=1S/C20H17ClN4O3/c1-11-3-4-13(21)7-15(11)25-20(26)16-9-19(23-12(2)22-16)24-14-5-6-17-18(8-14)28-10-27-17/h3-9H,10H2,1-2H3,(H,25,26)(H,22,23,24). The van der Waals surface area contributed by atoms with Crippen molar-refractivity contribution >= 4 is 34.7 Å². The van der Waals surface area contributed by atoms with E-state index in [1.165, 1.54) is 0 Å². The summed E-state index contributed by atoms with van der Waals surface area (Å²) in [5.41, 5.74) is 2.55. The van der Waals surface area contributed by atoms with Gasteiger partial charge in [-0.1, -0.05) is 17.7 Å². The Hall–Kier alpha value is -3.32. The molecule has 0 spiro atoms. The van der Waals surface area contributed by atoms with Gasteiger partial charge in [0.25, 0.3) is 5.91 Å². The molecule has 2 aromatic carbocycles. The lowest BCUT2D eigenvalue weighted by atomic mass is 10.2. The van der Waals surface area contributed by atoms with Crippen molar-refractivity contribution in [1.29, 1.82) is 0 Å². The van der Waals surface area contributed by atoms with Crippen molar-refractivity contribution in [2.45, 2.75) is 13.8 Å². The summed E-state index contributed by atoms with van der Waals surface area (Å²) in [6.45, 7) is 3.83. The SMILES string of the molecule is Cc1nc(Nc2ccc3c(c2)OCO3)cc(C(=O)Nc2cc(Cl)ccc2C)n1. The maximum Gasteiger partial charge on any atom is 0.274 e. The van der Waals surface area contributed by atoms with Crippen LogP contribution < -0.4 is 20.1 Å². The van der Waals surface area contributed by atoms with Crippen molar-refractivity contribution in [3.8, 4) is 11.5 Å². The number of aromatic nitrogens is 2. The normalized spacial score (nSPS) is 12.0. The molecular weight excluding hydrogens is 380 g/mol. The summed E-state index contributed by atoms with van der Waals surface area (Å²) in [4.78, 5) is 21.3. The quantitative estimate of drug-likeness (QED) is 0.676. The van der Waals surface area contributed by atoms with Gasteiger partial charge in [-0.15, -0.1) is 0 Å². The molecule has 0 aliphatic carbocycles. The van der Waals surface area contributed by atoms with Crippen molar-refractivity contribution < 1.29 is 14.3 Å². The van der Waals surface area contributed by atoms with E-state index in [2.05, 4.69) is 20.6 Å². The van der Waals surface area contributed by atoms with Crippen molar-refractivity contribution in [2.75, 3.05) is 17.4 Å². The van der Waals surface area contributed by atoms with Gasteiger partial charge in [0.05, 0.1) is 0 Å². The van der Waals surface area contributed by atoms with E-state index in [0.717, 1.165) is 11.3 Å². The highest BCUT2D eigenvalue weighted by Crippen LogP contribution is 2.35. The Morgan fingerprint density at radius 2 is 1.86 bits per heavy atom. The van der Waals surface area contributed by atoms with Crippen LogP contribution in [0.5, 0.6) is 11.5 Å². The van der Waals surface area contributed by atoms with E-state index in [1.54, 1.807) is 25.1 Å². The predicted molar refractivity (Wildman–Crippen MR) is 107 cm³/mol. The van der Waals surface area contributed by atoms with Gasteiger partial charge in [0.1, 0.15) is 17.3 Å². The molecule has 0 radical (unpaired) electrons. The minimum atomic E-state index is -0.343. The monoisotopic (exact) mass is 396 g/mol. The molecule has 2 heterocycles. The number of carbonyl (C=O) groups is 1. The molecule has 7 nitrogen and oxygen atoms in total. The third kappa shape index (κ3) is 3.84. The molecule has 0 saturated heterocycles. The first-order valence-electron chi connectivity index (χ1n) is 8.58. The summed E-state index contributed by atoms with van der Waals surface area (Å²) in [6, 6.07) is 12.4. The number of anilines is 3. The Morgan fingerprint density at radius 1 is 1.04 bits per heavy atom. The van der Waals surface area contributed by atoms with Gasteiger partial charge in [0, 0.05) is 28.5 Å². The highest BCUT2D eigenvalue weighted by molar-refractivity contribution is 6.31. The van der Waals surface area contributed by atoms with E-state index in [4.69, 9.17) is 21.1 Å². The molecule has 142 valence electrons. The molecule has 1 aliphatic rings. The van der Waals surface area contributed by atoms with Crippen molar-refractivity contribution in [2.24, 2.45) is 0 Å². The van der Waals surface area contributed by atoms with Crippen LogP contribution in [-0.4, -0.2) is 22.7 Å². The van der Waals surface area contributed by atoms with Crippen LogP contribution in [0.25, 0.3) is 0 Å². The Labute approximate surface area is 166 Å². The number of nitrogens with one attached hydrogen (secondary N) is 2. The lowest BCUT2D eigenvalue weighted by Crippen LogP contribution is -2.16. The van der Waals surface area contributed by atoms with Gasteiger partial charge in [0.15, 0.2) is 11.5 Å². The number of carbonyl (C=O) groups excluding carboxylic acids is 1. The second-order valence-corrected chi connectivity index (χ2v) is 6.73. The van der Waals surface area contributed by atoms with Crippen LogP contribution in [0.1, 0.15) is 21.9 Å². The first-order valence-corrected chi connectivity index (χ1v) is 8.95. The van der Waals surface area contributed by atoms with Crippen molar-refractivity contribution in [3.63, 3.8) is 0 Å². The predicted octanol–water partition coefficient (Wildman–Crippen LogP) is 4.47. The van der Waals surface area contributed by atoms with Gasteiger partial charge in [-0.2, -0.15) is 0 Å². The zero-order valence-corrected chi connectivity index (χ0v) is 16.0. The Balaban J connectivity index is 1.56. The van der Waals surface area contributed by atoms with Crippen LogP contribution in [0.15, 0.2) is 42.5 Å². The number of hydrogen-bond acceptors (Lipinski definition) is 6. The minimum Gasteiger partial charge on any atom is -0.454 e. The number of rotatable bonds is 4. The minimum absolute atomic E-state index is 0.207. The lowest BCUT2D eigenvalue weighted by Gasteiger charge is -2.11. The molecule has 8 heteroatoms. The average molecular weight is 397 g/mol. The fourth-order valence-corrected chi connectivity index (χ4v) is 2.96. The van der Waals surface area contributed by atoms with E-state index in [0.29, 0.717) is 33.9 Å². The Bertz CT molecular complexity index is 1070. The summed E-state index contributed by atoms with van der Waals surface area (Å²) < 4.78 is 10.7. The number of amides is 1. The van der Waals surface area contributed by atoms with Gasteiger partial charge < -0.3 is 20.1 Å². The number of aryl methyl sites for hydroxylation is 2. The first-order chi connectivity index (χ1) is 13.5. The highest BCUT2D eigenvalue weighted by atomic mass is 35.5. The van der Waals surface area contributed by atoms with Crippen molar-refractivity contribution in [3.05, 3.63) is 64.6 Å². The average Bonchev–Trinajstić information content (AvgIpc) is 3.12. The number of nitrogens with zero attached hydrogens (tertiary/aromatic N) is 2. The summed E-state index contributed by atoms with van der Waals surface area (Å²) in [6.07, 6.45) is 0. The molecule has 28 heavy (non-hydrogen) atoms. The number of hydrogen-bond donors (Lipinski definition) is 2. The summed E-state index contributed by atoms with van der Waals surface area (Å²) in [7, 11) is 0. The molecule has 4 rings (SSSR count). The molecule has 0 fully saturated rings. The zero-order valence-electron chi connectivity index (χ0n) is 15.2. The third-order valence-electron chi connectivity index (χ3n) is 4.16. The second-order valence-electron chi connectivity index (χ2n) is 6.29. The smallest absolute Gasteiger partial charge is 0.274 e. The largest absolute Gasteiger partial charge is 0.454 e. The van der Waals surface area contributed by atoms with Crippen molar-refractivity contribution in [1.82, 2.24) is 9.97 Å². The molecule has 1 aromatic heterocycles. The Kier molecular flexibility index (Phi) is 4.75. The number of fused-ring (bicyclic) bond motifs is 1. The zero-order chi connectivity index (χ0) is 19.7. The number of benzene rings is 2. The molecule has 0 saturated carbocycles. The molecule has 3 aromatic rings. The van der Waals surface area contributed by atoms with E-state index in [1.807, 2.05) is 31.2 Å². The highest BCUT2D eigenvalue weighted by Gasteiger charge is 2.15. The molecule has 0 bridgehead atoms. The topological polar surface area (TPSA) is 85.4 Å². The van der Waals surface area contributed by atoms with Gasteiger partial charge >= 0.3 is 0 Å². The molecule has 0 unspecified atom stereocenters. The van der Waals surface area contributed by atoms with E-state index < -0.39 is 0 Å². The van der Waals surface area contributed by atoms with Crippen LogP contribution in [0.2, 0.25) is 5.02 Å². The van der Waals surface area contributed by atoms with Crippen LogP contribution in [0.4, 0.5) is 17.2 Å². The van der Waals surface area contributed by atoms with Gasteiger partial charge in [-0.3, -0.25) is 4.79 Å². The third-order valence-corrected chi connectivity index (χ3v) is 4.40. The Morgan fingerprint density at radius 3 is 2.71 bits per heavy atom. The maximum atomic E-state index is 12.7. The van der Waals surface area contributed by atoms with Gasteiger partial charge in [-0.25, -0.2) is 9.97 Å². The number of ether oxygens (including phenoxy) is 2. The van der Waals surface area contributed by atoms with E-state index >= 15 is 0 Å². The van der Waals surface area contributed by atoms with Gasteiger partial charge in [-0.05, 0) is 43.7 Å². The summed E-state index contributed by atoms with van der Waals surface area (Å²) in [5.74, 6) is 1.98. The maximum absolute atomic E-state index is 12.7. The molecule has 1 aliphatic heterocycles. The molecule has 2 N–H and O–H groups in total. The lowest BCUT2D eigenvalue weighted by molar-refractivity contribution is 0.102. The van der Waals surface area contributed by atoms with Crippen LogP contribution in [0.3, 0.4) is 0 Å². The van der Waals surface area contributed by atoms with E-state index in [-0.39, 0.29) is 18.4 Å². The molecule has 1 amide bonds. The fraction of sp³-hybridized carbons (Fsp3) is 0.150. The molecular formula is C20H17ClN4O3. The van der Waals surface area contributed by atoms with Gasteiger partial charge in [0.2, 0.25) is 6.79 Å². The first kappa shape index (κ1) is 18.1. The summed E-state index contributed by atoms with van der Waals surface area (Å²) >= 11 is 6.02. The molecule has 0 atom stereocenters. The summed E-state index contributed by atoms with van der Waals surface area (Å²) in [5, 5.41) is 6.55. The second kappa shape index (κ2) is 7.36. The van der Waals surface area contributed by atoms with Crippen LogP contribution in [-0.2, 0) is 0 Å². The number of halogens is 1.